The number of hydrogen-bond acceptors (Lipinski definition) is 5. The van der Waals surface area contributed by atoms with Gasteiger partial charge in [-0.3, -0.25) is 9.59 Å². The maximum atomic E-state index is 11.7. The highest BCUT2D eigenvalue weighted by Gasteiger charge is 2.17. The number of ketones is 1. The number of rotatable bonds is 5. The molecule has 3 aromatic carbocycles. The van der Waals surface area contributed by atoms with Gasteiger partial charge in [0.1, 0.15) is 10.8 Å². The lowest BCUT2D eigenvalue weighted by Crippen LogP contribution is -2.08. The number of anilines is 1. The van der Waals surface area contributed by atoms with Crippen molar-refractivity contribution in [3.63, 3.8) is 0 Å². The second-order valence-corrected chi connectivity index (χ2v) is 8.30. The molecule has 30 heavy (non-hydrogen) atoms. The number of nitrogens with one attached hydrogen (secondary N) is 1. The van der Waals surface area contributed by atoms with E-state index in [4.69, 9.17) is 0 Å². The third-order valence-corrected chi connectivity index (χ3v) is 5.82. The van der Waals surface area contributed by atoms with E-state index in [1.165, 1.54) is 24.1 Å². The molecular weight excluding hydrogens is 394 g/mol. The van der Waals surface area contributed by atoms with Crippen molar-refractivity contribution in [1.82, 2.24) is 0 Å². The minimum atomic E-state index is -0.126. The van der Waals surface area contributed by atoms with Gasteiger partial charge in [-0.1, -0.05) is 36.4 Å². The van der Waals surface area contributed by atoms with Gasteiger partial charge in [-0.25, -0.2) is 0 Å². The molecule has 4 rings (SSSR count). The molecule has 6 heteroatoms. The highest BCUT2D eigenvalue weighted by molar-refractivity contribution is 8.14. The summed E-state index contributed by atoms with van der Waals surface area (Å²) in [4.78, 5) is 22.9. The molecule has 0 fully saturated rings. The molecule has 0 aromatic heterocycles. The molecule has 1 aliphatic rings. The van der Waals surface area contributed by atoms with E-state index in [-0.39, 0.29) is 11.7 Å². The third kappa shape index (κ3) is 4.66. The van der Waals surface area contributed by atoms with E-state index in [1.807, 2.05) is 24.3 Å². The topological polar surface area (TPSA) is 70.9 Å². The lowest BCUT2D eigenvalue weighted by Gasteiger charge is -2.11. The Kier molecular flexibility index (Phi) is 5.77. The number of nitrogens with zero attached hydrogens (tertiary/aromatic N) is 2. The fourth-order valence-electron chi connectivity index (χ4n) is 3.36. The van der Waals surface area contributed by atoms with Gasteiger partial charge < -0.3 is 5.32 Å². The molecule has 1 amide bonds. The van der Waals surface area contributed by atoms with Crippen molar-refractivity contribution in [2.75, 3.05) is 11.1 Å². The molecule has 0 saturated heterocycles. The van der Waals surface area contributed by atoms with Gasteiger partial charge in [0.2, 0.25) is 5.91 Å². The summed E-state index contributed by atoms with van der Waals surface area (Å²) in [6.45, 7) is 3.06. The van der Waals surface area contributed by atoms with Crippen LogP contribution in [-0.2, 0) is 9.59 Å². The number of benzene rings is 3. The van der Waals surface area contributed by atoms with Crippen LogP contribution in [0.2, 0.25) is 0 Å². The van der Waals surface area contributed by atoms with E-state index in [9.17, 15) is 9.59 Å². The Bertz CT molecular complexity index is 1210. The molecule has 1 heterocycles. The van der Waals surface area contributed by atoms with Gasteiger partial charge in [0.15, 0.2) is 0 Å². The molecule has 150 valence electrons. The summed E-state index contributed by atoms with van der Waals surface area (Å²) < 4.78 is 0. The van der Waals surface area contributed by atoms with Crippen LogP contribution in [0.3, 0.4) is 0 Å². The van der Waals surface area contributed by atoms with E-state index in [0.29, 0.717) is 12.2 Å². The standard InChI is InChI=1S/C24H21N3O2S/c1-15(28)14-30-24-13-23(26-27-24)21-10-20(11-22(12-21)25-16(2)29)19-8-7-17-5-3-4-6-18(17)9-19/h3-12H,13-14H2,1-2H3,(H,25,29). The summed E-state index contributed by atoms with van der Waals surface area (Å²) in [5.41, 5.74) is 4.51. The molecular formula is C24H21N3O2S. The SMILES string of the molecule is CC(=O)CSC1=NN=C(c2cc(NC(C)=O)cc(-c3ccc4ccccc4c3)c2)C1. The van der Waals surface area contributed by atoms with E-state index in [2.05, 4.69) is 51.9 Å². The number of carbonyl (C=O) groups excluding carboxylic acids is 2. The van der Waals surface area contributed by atoms with Crippen molar-refractivity contribution >= 4 is 50.7 Å². The maximum Gasteiger partial charge on any atom is 0.221 e. The molecule has 0 atom stereocenters. The zero-order chi connectivity index (χ0) is 21.1. The van der Waals surface area contributed by atoms with Gasteiger partial charge in [-0.2, -0.15) is 5.10 Å². The predicted molar refractivity (Wildman–Crippen MR) is 125 cm³/mol. The summed E-state index contributed by atoms with van der Waals surface area (Å²) in [5.74, 6) is 0.386. The Hall–Kier alpha value is -3.25. The first kappa shape index (κ1) is 20.0. The van der Waals surface area contributed by atoms with E-state index in [1.54, 1.807) is 6.92 Å². The second kappa shape index (κ2) is 8.63. The molecule has 0 aliphatic carbocycles. The van der Waals surface area contributed by atoms with E-state index < -0.39 is 0 Å². The smallest absolute Gasteiger partial charge is 0.221 e. The average Bonchev–Trinajstić information content (AvgIpc) is 3.20. The molecule has 3 aromatic rings. The molecule has 1 N–H and O–H groups in total. The zero-order valence-corrected chi connectivity index (χ0v) is 17.6. The van der Waals surface area contributed by atoms with Crippen molar-refractivity contribution in [3.8, 4) is 11.1 Å². The molecule has 0 radical (unpaired) electrons. The first-order chi connectivity index (χ1) is 14.5. The van der Waals surface area contributed by atoms with Gasteiger partial charge in [-0.15, -0.1) is 16.9 Å². The van der Waals surface area contributed by atoms with Crippen LogP contribution in [0.1, 0.15) is 25.8 Å². The van der Waals surface area contributed by atoms with Crippen LogP contribution < -0.4 is 5.32 Å². The molecule has 5 nitrogen and oxygen atoms in total. The largest absolute Gasteiger partial charge is 0.326 e. The van der Waals surface area contributed by atoms with Crippen LogP contribution in [0.25, 0.3) is 21.9 Å². The zero-order valence-electron chi connectivity index (χ0n) is 16.8. The van der Waals surface area contributed by atoms with Crippen molar-refractivity contribution in [1.29, 1.82) is 0 Å². The number of hydrogen-bond donors (Lipinski definition) is 1. The molecule has 0 unspecified atom stereocenters. The Morgan fingerprint density at radius 2 is 1.67 bits per heavy atom. The van der Waals surface area contributed by atoms with Gasteiger partial charge in [0, 0.05) is 24.6 Å². The summed E-state index contributed by atoms with van der Waals surface area (Å²) in [5, 5.41) is 14.6. The molecule has 0 saturated carbocycles. The summed E-state index contributed by atoms with van der Waals surface area (Å²) >= 11 is 1.42. The summed E-state index contributed by atoms with van der Waals surface area (Å²) in [7, 11) is 0. The van der Waals surface area contributed by atoms with Crippen LogP contribution in [0.4, 0.5) is 5.69 Å². The fraction of sp³-hybridized carbons (Fsp3) is 0.167. The minimum Gasteiger partial charge on any atom is -0.326 e. The number of thioether (sulfide) groups is 1. The minimum absolute atomic E-state index is 0.113. The summed E-state index contributed by atoms with van der Waals surface area (Å²) in [6, 6.07) is 20.5. The Balaban J connectivity index is 1.68. The molecule has 0 spiro atoms. The van der Waals surface area contributed by atoms with Crippen LogP contribution in [0.5, 0.6) is 0 Å². The average molecular weight is 416 g/mol. The van der Waals surface area contributed by atoms with E-state index in [0.717, 1.165) is 38.5 Å². The molecule has 0 bridgehead atoms. The normalized spacial score (nSPS) is 13.1. The lowest BCUT2D eigenvalue weighted by atomic mass is 9.97. The highest BCUT2D eigenvalue weighted by Crippen LogP contribution is 2.30. The van der Waals surface area contributed by atoms with Crippen molar-refractivity contribution in [2.45, 2.75) is 20.3 Å². The number of amides is 1. The van der Waals surface area contributed by atoms with Gasteiger partial charge in [0.05, 0.1) is 11.5 Å². The second-order valence-electron chi connectivity index (χ2n) is 7.25. The maximum absolute atomic E-state index is 11.7. The fourth-order valence-corrected chi connectivity index (χ4v) is 4.07. The number of carbonyl (C=O) groups is 2. The Morgan fingerprint density at radius 3 is 2.43 bits per heavy atom. The van der Waals surface area contributed by atoms with Crippen LogP contribution in [0.15, 0.2) is 70.9 Å². The Morgan fingerprint density at radius 1 is 0.900 bits per heavy atom. The highest BCUT2D eigenvalue weighted by atomic mass is 32.2. The first-order valence-electron chi connectivity index (χ1n) is 9.66. The quantitative estimate of drug-likeness (QED) is 0.615. The van der Waals surface area contributed by atoms with Gasteiger partial charge in [-0.05, 0) is 53.1 Å². The predicted octanol–water partition coefficient (Wildman–Crippen LogP) is 5.29. The van der Waals surface area contributed by atoms with Gasteiger partial charge >= 0.3 is 0 Å². The van der Waals surface area contributed by atoms with Crippen molar-refractivity contribution in [2.24, 2.45) is 10.2 Å². The third-order valence-electron chi connectivity index (χ3n) is 4.71. The lowest BCUT2D eigenvalue weighted by molar-refractivity contribution is -0.115. The van der Waals surface area contributed by atoms with Crippen molar-refractivity contribution < 1.29 is 9.59 Å². The van der Waals surface area contributed by atoms with Crippen molar-refractivity contribution in [3.05, 3.63) is 66.2 Å². The monoisotopic (exact) mass is 415 g/mol. The van der Waals surface area contributed by atoms with Crippen LogP contribution >= 0.6 is 11.8 Å². The number of fused-ring (bicyclic) bond motifs is 1. The number of Topliss-reactive ketones (excluding diaryl/α,β-unsaturated/α-hetero) is 1. The van der Waals surface area contributed by atoms with Crippen LogP contribution in [-0.4, -0.2) is 28.2 Å². The summed E-state index contributed by atoms with van der Waals surface area (Å²) in [6.07, 6.45) is 0.582. The van der Waals surface area contributed by atoms with E-state index >= 15 is 0 Å². The molecule has 1 aliphatic heterocycles. The van der Waals surface area contributed by atoms with Crippen LogP contribution in [0, 0.1) is 0 Å². The Labute approximate surface area is 179 Å². The first-order valence-corrected chi connectivity index (χ1v) is 10.6. The van der Waals surface area contributed by atoms with Gasteiger partial charge in [0.25, 0.3) is 0 Å².